The number of hydrogen-bond acceptors (Lipinski definition) is 6. The van der Waals surface area contributed by atoms with Crippen molar-refractivity contribution in [1.29, 1.82) is 0 Å². The van der Waals surface area contributed by atoms with Gasteiger partial charge in [-0.05, 0) is 31.0 Å². The van der Waals surface area contributed by atoms with Crippen molar-refractivity contribution < 1.29 is 32.2 Å². The van der Waals surface area contributed by atoms with Crippen LogP contribution in [0.2, 0.25) is 0 Å². The van der Waals surface area contributed by atoms with Crippen LogP contribution in [0.1, 0.15) is 16.8 Å². The first-order chi connectivity index (χ1) is 15.1. The first-order valence-corrected chi connectivity index (χ1v) is 9.66. The van der Waals surface area contributed by atoms with Gasteiger partial charge in [-0.2, -0.15) is 23.3 Å². The van der Waals surface area contributed by atoms with Gasteiger partial charge in [-0.15, -0.1) is 0 Å². The lowest BCUT2D eigenvalue weighted by atomic mass is 10.1. The second kappa shape index (κ2) is 9.33. The lowest BCUT2D eigenvalue weighted by molar-refractivity contribution is -0.136. The molecule has 0 saturated heterocycles. The molecule has 3 aromatic rings. The summed E-state index contributed by atoms with van der Waals surface area (Å²) in [6.07, 6.45) is -4.10. The summed E-state index contributed by atoms with van der Waals surface area (Å²) < 4.78 is 57.4. The van der Waals surface area contributed by atoms with E-state index >= 15 is 0 Å². The number of pyridine rings is 1. The zero-order valence-electron chi connectivity index (χ0n) is 18.0. The Bertz CT molecular complexity index is 1130. The molecule has 1 aromatic carbocycles. The third-order valence-corrected chi connectivity index (χ3v) is 4.79. The van der Waals surface area contributed by atoms with Crippen LogP contribution in [0.5, 0.6) is 17.4 Å². The van der Waals surface area contributed by atoms with Gasteiger partial charge in [0.25, 0.3) is 5.91 Å². The molecule has 0 bridgehead atoms. The Kier molecular flexibility index (Phi) is 6.75. The Morgan fingerprint density at radius 3 is 2.53 bits per heavy atom. The predicted molar refractivity (Wildman–Crippen MR) is 110 cm³/mol. The zero-order valence-corrected chi connectivity index (χ0v) is 18.0. The number of halogens is 3. The van der Waals surface area contributed by atoms with E-state index < -0.39 is 24.3 Å². The topological polar surface area (TPSA) is 87.5 Å². The van der Waals surface area contributed by atoms with Gasteiger partial charge < -0.3 is 19.5 Å². The third-order valence-electron chi connectivity index (χ3n) is 4.79. The van der Waals surface area contributed by atoms with E-state index in [1.807, 2.05) is 6.07 Å². The molecule has 0 spiro atoms. The lowest BCUT2D eigenvalue weighted by Gasteiger charge is -2.12. The van der Waals surface area contributed by atoms with Crippen molar-refractivity contribution in [3.05, 3.63) is 41.1 Å². The molecule has 0 aliphatic heterocycles. The number of amides is 1. The number of benzene rings is 1. The fourth-order valence-electron chi connectivity index (χ4n) is 3.29. The molecular formula is C21H23F3N4O4. The van der Waals surface area contributed by atoms with E-state index in [1.165, 1.54) is 32.9 Å². The fourth-order valence-corrected chi connectivity index (χ4v) is 3.29. The Hall–Kier alpha value is -3.50. The summed E-state index contributed by atoms with van der Waals surface area (Å²) in [6.45, 7) is 1.31. The molecule has 2 aromatic heterocycles. The highest BCUT2D eigenvalue weighted by atomic mass is 19.4. The van der Waals surface area contributed by atoms with Crippen LogP contribution in [0.15, 0.2) is 24.3 Å². The van der Waals surface area contributed by atoms with Crippen LogP contribution in [-0.2, 0) is 24.4 Å². The SMILES string of the molecule is COc1ccc(CCNC(=O)COc2cc(C(F)(F)F)c3c(C)nn(C)c3n2)cc1OC. The van der Waals surface area contributed by atoms with Crippen molar-refractivity contribution in [3.63, 3.8) is 0 Å². The van der Waals surface area contributed by atoms with Crippen molar-refractivity contribution in [2.24, 2.45) is 7.05 Å². The molecule has 1 amide bonds. The van der Waals surface area contributed by atoms with Gasteiger partial charge in [0, 0.05) is 19.7 Å². The molecule has 2 heterocycles. The summed E-state index contributed by atoms with van der Waals surface area (Å²) in [7, 11) is 4.56. The van der Waals surface area contributed by atoms with Gasteiger partial charge >= 0.3 is 6.18 Å². The number of methoxy groups -OCH3 is 2. The largest absolute Gasteiger partial charge is 0.493 e. The van der Waals surface area contributed by atoms with Crippen LogP contribution in [0.4, 0.5) is 13.2 Å². The van der Waals surface area contributed by atoms with Crippen molar-refractivity contribution in [2.75, 3.05) is 27.4 Å². The second-order valence-electron chi connectivity index (χ2n) is 6.99. The number of hydrogen-bond donors (Lipinski definition) is 1. The minimum absolute atomic E-state index is 0.0289. The number of aromatic nitrogens is 3. The molecule has 0 atom stereocenters. The van der Waals surface area contributed by atoms with E-state index in [9.17, 15) is 18.0 Å². The average molecular weight is 452 g/mol. The fraction of sp³-hybridized carbons (Fsp3) is 0.381. The van der Waals surface area contributed by atoms with Crippen molar-refractivity contribution in [2.45, 2.75) is 19.5 Å². The standard InChI is InChI=1S/C21H23F3N4O4/c1-12-19-14(21(22,23)24)10-18(26-20(19)28(2)27-12)32-11-17(29)25-8-7-13-5-6-15(30-3)16(9-13)31-4/h5-6,9-10H,7-8,11H2,1-4H3,(H,25,29). The highest BCUT2D eigenvalue weighted by Gasteiger charge is 2.35. The smallest absolute Gasteiger partial charge is 0.417 e. The maximum absolute atomic E-state index is 13.5. The summed E-state index contributed by atoms with van der Waals surface area (Å²) in [5.74, 6) is 0.386. The zero-order chi connectivity index (χ0) is 23.5. The van der Waals surface area contributed by atoms with E-state index in [2.05, 4.69) is 15.4 Å². The van der Waals surface area contributed by atoms with Crippen molar-refractivity contribution in [3.8, 4) is 17.4 Å². The van der Waals surface area contributed by atoms with E-state index in [1.54, 1.807) is 12.1 Å². The van der Waals surface area contributed by atoms with Crippen LogP contribution in [0.25, 0.3) is 11.0 Å². The number of nitrogens with zero attached hydrogens (tertiary/aromatic N) is 3. The van der Waals surface area contributed by atoms with Crippen LogP contribution >= 0.6 is 0 Å². The molecule has 0 radical (unpaired) electrons. The average Bonchev–Trinajstić information content (AvgIpc) is 3.04. The second-order valence-corrected chi connectivity index (χ2v) is 6.99. The summed E-state index contributed by atoms with van der Waals surface area (Å²) in [4.78, 5) is 16.2. The maximum atomic E-state index is 13.5. The quantitative estimate of drug-likeness (QED) is 0.565. The summed E-state index contributed by atoms with van der Waals surface area (Å²) in [5, 5.41) is 6.57. The van der Waals surface area contributed by atoms with Crippen LogP contribution in [-0.4, -0.2) is 48.0 Å². The molecule has 0 unspecified atom stereocenters. The molecule has 0 aliphatic carbocycles. The Labute approximate surface area is 182 Å². The summed E-state index contributed by atoms with van der Waals surface area (Å²) in [6, 6.07) is 6.19. The predicted octanol–water partition coefficient (Wildman–Crippen LogP) is 3.05. The Balaban J connectivity index is 1.62. The van der Waals surface area contributed by atoms with Crippen molar-refractivity contribution in [1.82, 2.24) is 20.1 Å². The van der Waals surface area contributed by atoms with Gasteiger partial charge in [-0.25, -0.2) is 0 Å². The molecule has 0 fully saturated rings. The number of carbonyl (C=O) groups is 1. The molecular weight excluding hydrogens is 429 g/mol. The number of nitrogens with one attached hydrogen (secondary N) is 1. The Morgan fingerprint density at radius 1 is 1.16 bits per heavy atom. The molecule has 0 aliphatic rings. The molecule has 3 rings (SSSR count). The van der Waals surface area contributed by atoms with Gasteiger partial charge in [0.15, 0.2) is 23.8 Å². The maximum Gasteiger partial charge on any atom is 0.417 e. The first-order valence-electron chi connectivity index (χ1n) is 9.66. The Morgan fingerprint density at radius 2 is 1.88 bits per heavy atom. The first kappa shape index (κ1) is 23.2. The molecule has 0 saturated carbocycles. The molecule has 11 heteroatoms. The summed E-state index contributed by atoms with van der Waals surface area (Å²) >= 11 is 0. The summed E-state index contributed by atoms with van der Waals surface area (Å²) in [5.41, 5.74) is 0.248. The number of alkyl halides is 3. The van der Waals surface area contributed by atoms with Gasteiger partial charge in [0.05, 0.1) is 30.9 Å². The van der Waals surface area contributed by atoms with Crippen molar-refractivity contribution >= 4 is 16.9 Å². The van der Waals surface area contributed by atoms with Gasteiger partial charge in [-0.1, -0.05) is 6.07 Å². The number of ether oxygens (including phenoxy) is 3. The highest BCUT2D eigenvalue weighted by Crippen LogP contribution is 2.37. The molecule has 32 heavy (non-hydrogen) atoms. The van der Waals surface area contributed by atoms with E-state index in [0.29, 0.717) is 24.5 Å². The highest BCUT2D eigenvalue weighted by molar-refractivity contribution is 5.83. The van der Waals surface area contributed by atoms with Gasteiger partial charge in [0.1, 0.15) is 0 Å². The van der Waals surface area contributed by atoms with Crippen LogP contribution in [0, 0.1) is 6.92 Å². The minimum Gasteiger partial charge on any atom is -0.493 e. The van der Waals surface area contributed by atoms with E-state index in [4.69, 9.17) is 14.2 Å². The number of carbonyl (C=O) groups excluding carboxylic acids is 1. The van der Waals surface area contributed by atoms with Gasteiger partial charge in [-0.3, -0.25) is 9.48 Å². The van der Waals surface area contributed by atoms with Crippen LogP contribution < -0.4 is 19.5 Å². The normalized spacial score (nSPS) is 11.5. The minimum atomic E-state index is -4.62. The van der Waals surface area contributed by atoms with E-state index in [-0.39, 0.29) is 22.6 Å². The number of fused-ring (bicyclic) bond motifs is 1. The third kappa shape index (κ3) is 5.04. The number of rotatable bonds is 8. The lowest BCUT2D eigenvalue weighted by Crippen LogP contribution is -2.30. The molecule has 172 valence electrons. The van der Waals surface area contributed by atoms with E-state index in [0.717, 1.165) is 11.6 Å². The number of aryl methyl sites for hydroxylation is 2. The molecule has 1 N–H and O–H groups in total. The molecule has 8 nitrogen and oxygen atoms in total. The monoisotopic (exact) mass is 452 g/mol. The van der Waals surface area contributed by atoms with Crippen LogP contribution in [0.3, 0.4) is 0 Å². The van der Waals surface area contributed by atoms with Gasteiger partial charge in [0.2, 0.25) is 5.88 Å².